The summed E-state index contributed by atoms with van der Waals surface area (Å²) in [7, 11) is 9.78. The van der Waals surface area contributed by atoms with E-state index in [9.17, 15) is 0 Å². The predicted molar refractivity (Wildman–Crippen MR) is 67.1 cm³/mol. The fraction of sp³-hybridized carbons (Fsp3) is 0.455. The quantitative estimate of drug-likeness (QED) is 0.562. The molecule has 1 N–H and O–H groups in total. The first-order chi connectivity index (χ1) is 7.31. The molecule has 5 heteroatoms. The van der Waals surface area contributed by atoms with Gasteiger partial charge in [0.25, 0.3) is 0 Å². The van der Waals surface area contributed by atoms with Crippen LogP contribution in [0.4, 0.5) is 0 Å². The number of pyridine rings is 1. The maximum absolute atomic E-state index is 8.52. The van der Waals surface area contributed by atoms with Crippen molar-refractivity contribution in [3.63, 3.8) is 0 Å². The van der Waals surface area contributed by atoms with Crippen LogP contribution in [0.1, 0.15) is 32.1 Å². The molecule has 0 unspecified atom stereocenters. The third-order valence-corrected chi connectivity index (χ3v) is 1.90. The van der Waals surface area contributed by atoms with E-state index in [-0.39, 0.29) is 13.3 Å². The first kappa shape index (κ1) is 18.6. The number of halogens is 2. The van der Waals surface area contributed by atoms with Gasteiger partial charge in [-0.3, -0.25) is 0 Å². The van der Waals surface area contributed by atoms with Crippen LogP contribution in [0.25, 0.3) is 0 Å². The van der Waals surface area contributed by atoms with Gasteiger partial charge in [0.2, 0.25) is 5.88 Å². The van der Waals surface area contributed by atoms with Crippen LogP contribution < -0.4 is 0 Å². The minimum atomic E-state index is -0.556. The Labute approximate surface area is 115 Å². The van der Waals surface area contributed by atoms with Gasteiger partial charge in [-0.15, -0.1) is 0 Å². The molecule has 2 rings (SSSR count). The number of hydrogen-bond acceptors (Lipinski definition) is 2. The average Bonchev–Trinajstić information content (AvgIpc) is 2.78. The number of hydrogen-bond donors (Lipinski definition) is 1. The van der Waals surface area contributed by atoms with Crippen LogP contribution in [-0.2, 0) is 17.0 Å². The van der Waals surface area contributed by atoms with Gasteiger partial charge in [0.15, 0.2) is 0 Å². The summed E-state index contributed by atoms with van der Waals surface area (Å²) in [5, 5.41) is 8.52. The molecule has 0 radical (unpaired) electrons. The van der Waals surface area contributed by atoms with E-state index in [1.54, 1.807) is 12.1 Å². The summed E-state index contributed by atoms with van der Waals surface area (Å²) >= 11 is -0.556. The molecule has 1 aliphatic rings. The van der Waals surface area contributed by atoms with Crippen LogP contribution in [0.15, 0.2) is 24.4 Å². The second kappa shape index (κ2) is 15.2. The van der Waals surface area contributed by atoms with Gasteiger partial charge < -0.3 is 12.5 Å². The number of aromatic nitrogens is 1. The minimum absolute atomic E-state index is 0. The van der Waals surface area contributed by atoms with Gasteiger partial charge in [-0.05, 0) is 6.07 Å². The van der Waals surface area contributed by atoms with Gasteiger partial charge in [-0.25, -0.2) is 4.98 Å². The first-order valence-corrected chi connectivity index (χ1v) is 9.17. The van der Waals surface area contributed by atoms with Crippen molar-refractivity contribution in [2.24, 2.45) is 0 Å². The standard InChI is InChI=1S/C5H5NO.C5H10.CH3.2ClH.Ti/c7-5-3-1-2-4-6-5;1-2-4-5-3-1;;;;/h1-4H,(H,6,7);1-5H2;1H3;2*1H;/q;;-1;;;+2/p-2. The molecule has 1 aromatic heterocycles. The Morgan fingerprint density at radius 2 is 1.50 bits per heavy atom. The molecule has 0 aromatic carbocycles. The van der Waals surface area contributed by atoms with E-state index < -0.39 is 17.0 Å². The summed E-state index contributed by atoms with van der Waals surface area (Å²) in [6, 6.07) is 5.00. The first-order valence-electron chi connectivity index (χ1n) is 4.87. The molecule has 0 bridgehead atoms. The van der Waals surface area contributed by atoms with Crippen molar-refractivity contribution in [2.45, 2.75) is 32.1 Å². The normalized spacial score (nSPS) is 12.1. The average molecular weight is 299 g/mol. The second-order valence-corrected chi connectivity index (χ2v) is 5.61. The molecule has 0 amide bonds. The molecule has 0 saturated heterocycles. The molecule has 0 atom stereocenters. The summed E-state index contributed by atoms with van der Waals surface area (Å²) in [5.41, 5.74) is 0. The van der Waals surface area contributed by atoms with Crippen LogP contribution >= 0.6 is 18.6 Å². The Balaban J connectivity index is 0. The van der Waals surface area contributed by atoms with Crippen LogP contribution in [0, 0.1) is 7.43 Å². The monoisotopic (exact) mass is 298 g/mol. The summed E-state index contributed by atoms with van der Waals surface area (Å²) in [6.07, 6.45) is 9.04. The molecule has 92 valence electrons. The van der Waals surface area contributed by atoms with Crippen molar-refractivity contribution in [1.29, 1.82) is 0 Å². The van der Waals surface area contributed by atoms with Gasteiger partial charge >= 0.3 is 35.6 Å². The molecule has 1 aliphatic carbocycles. The van der Waals surface area contributed by atoms with Crippen LogP contribution in [0.5, 0.6) is 5.88 Å². The number of aromatic hydroxyl groups is 1. The molecule has 0 aliphatic heterocycles. The number of nitrogens with zero attached hydrogens (tertiary/aromatic N) is 1. The van der Waals surface area contributed by atoms with Crippen LogP contribution in [-0.4, -0.2) is 10.1 Å². The molecule has 1 fully saturated rings. The van der Waals surface area contributed by atoms with E-state index in [2.05, 4.69) is 4.98 Å². The predicted octanol–water partition coefficient (Wildman–Crippen LogP) is 4.56. The number of rotatable bonds is 0. The Bertz CT molecular complexity index is 213. The third kappa shape index (κ3) is 14.2. The molecule has 0 spiro atoms. The molecule has 1 heterocycles. The fourth-order valence-corrected chi connectivity index (χ4v) is 1.24. The van der Waals surface area contributed by atoms with E-state index in [4.69, 9.17) is 23.7 Å². The summed E-state index contributed by atoms with van der Waals surface area (Å²) in [6.45, 7) is 0. The Morgan fingerprint density at radius 3 is 1.69 bits per heavy atom. The summed E-state index contributed by atoms with van der Waals surface area (Å²) < 4.78 is 0. The van der Waals surface area contributed by atoms with Crippen molar-refractivity contribution in [1.82, 2.24) is 4.98 Å². The van der Waals surface area contributed by atoms with E-state index in [0.29, 0.717) is 0 Å². The van der Waals surface area contributed by atoms with Gasteiger partial charge in [0, 0.05) is 12.3 Å². The zero-order valence-corrected chi connectivity index (χ0v) is 12.6. The second-order valence-electron chi connectivity index (χ2n) is 3.03. The SMILES string of the molecule is C1CCCC1.Oc1ccccn1.[CH3-].[Cl][Ti][Cl]. The molecule has 1 aromatic rings. The van der Waals surface area contributed by atoms with Crippen LogP contribution in [0.3, 0.4) is 0 Å². The fourth-order valence-electron chi connectivity index (χ4n) is 1.24. The molecule has 16 heavy (non-hydrogen) atoms. The van der Waals surface area contributed by atoms with Crippen molar-refractivity contribution in [3.8, 4) is 5.88 Å². The Hall–Kier alpha value is 0.244. The molecular formula is C11H18Cl2NOTi-. The topological polar surface area (TPSA) is 33.1 Å². The van der Waals surface area contributed by atoms with Gasteiger partial charge in [0.05, 0.1) is 0 Å². The maximum atomic E-state index is 8.52. The summed E-state index contributed by atoms with van der Waals surface area (Å²) in [4.78, 5) is 3.53. The molecular weight excluding hydrogens is 281 g/mol. The van der Waals surface area contributed by atoms with Crippen molar-refractivity contribution in [2.75, 3.05) is 0 Å². The Morgan fingerprint density at radius 1 is 1.06 bits per heavy atom. The zero-order chi connectivity index (χ0) is 11.4. The van der Waals surface area contributed by atoms with Crippen molar-refractivity contribution in [3.05, 3.63) is 31.8 Å². The van der Waals surface area contributed by atoms with Crippen molar-refractivity contribution >= 4 is 18.6 Å². The van der Waals surface area contributed by atoms with Gasteiger partial charge in [-0.2, -0.15) is 0 Å². The van der Waals surface area contributed by atoms with Crippen LogP contribution in [0.2, 0.25) is 0 Å². The Kier molecular flexibility index (Phi) is 17.7. The zero-order valence-electron chi connectivity index (χ0n) is 9.50. The third-order valence-electron chi connectivity index (χ3n) is 1.90. The summed E-state index contributed by atoms with van der Waals surface area (Å²) in [5.74, 6) is 0.0718. The van der Waals surface area contributed by atoms with Crippen molar-refractivity contribution < 1.29 is 22.1 Å². The molecule has 2 nitrogen and oxygen atoms in total. The van der Waals surface area contributed by atoms with E-state index in [0.717, 1.165) is 0 Å². The molecule has 1 saturated carbocycles. The van der Waals surface area contributed by atoms with Gasteiger partial charge in [-0.1, -0.05) is 38.2 Å². The van der Waals surface area contributed by atoms with Gasteiger partial charge in [0.1, 0.15) is 0 Å². The van der Waals surface area contributed by atoms with E-state index >= 15 is 0 Å². The van der Waals surface area contributed by atoms with E-state index in [1.807, 2.05) is 0 Å². The van der Waals surface area contributed by atoms with E-state index in [1.165, 1.54) is 44.4 Å².